The van der Waals surface area contributed by atoms with Crippen molar-refractivity contribution in [2.24, 2.45) is 0 Å². The van der Waals surface area contributed by atoms with E-state index in [1.807, 2.05) is 29.6 Å². The molecule has 2 heterocycles. The lowest BCUT2D eigenvalue weighted by atomic mass is 10.0. The molecule has 2 atom stereocenters. The number of fused-ring (bicyclic) bond motifs is 1. The zero-order valence-corrected chi connectivity index (χ0v) is 13.2. The molecule has 22 heavy (non-hydrogen) atoms. The van der Waals surface area contributed by atoms with Crippen LogP contribution in [0.15, 0.2) is 35.8 Å². The molecule has 0 fully saturated rings. The van der Waals surface area contributed by atoms with E-state index in [1.54, 1.807) is 17.5 Å². The van der Waals surface area contributed by atoms with Crippen LogP contribution >= 0.6 is 11.3 Å². The summed E-state index contributed by atoms with van der Waals surface area (Å²) < 4.78 is 5.60. The number of nitrogens with one attached hydrogen (secondary N) is 2. The van der Waals surface area contributed by atoms with Crippen molar-refractivity contribution < 1.29 is 9.53 Å². The second kappa shape index (κ2) is 6.79. The number of amides is 2. The summed E-state index contributed by atoms with van der Waals surface area (Å²) in [4.78, 5) is 16.4. The van der Waals surface area contributed by atoms with Crippen LogP contribution in [-0.4, -0.2) is 24.2 Å². The molecule has 3 rings (SSSR count). The van der Waals surface area contributed by atoms with Crippen LogP contribution in [0.5, 0.6) is 5.75 Å². The smallest absolute Gasteiger partial charge is 0.315 e. The van der Waals surface area contributed by atoms with Gasteiger partial charge in [0, 0.05) is 36.0 Å². The number of hydrogen-bond donors (Lipinski definition) is 2. The number of carbonyl (C=O) groups excluding carboxylic acids is 1. The first kappa shape index (κ1) is 14.8. The van der Waals surface area contributed by atoms with E-state index < -0.39 is 0 Å². The maximum Gasteiger partial charge on any atom is 0.315 e. The Kier molecular flexibility index (Phi) is 4.58. The molecule has 0 saturated carbocycles. The summed E-state index contributed by atoms with van der Waals surface area (Å²) in [5.41, 5.74) is 1.04. The zero-order valence-electron chi connectivity index (χ0n) is 12.4. The van der Waals surface area contributed by atoms with Crippen LogP contribution in [0.1, 0.15) is 35.9 Å². The second-order valence-corrected chi connectivity index (χ2v) is 6.28. The van der Waals surface area contributed by atoms with Gasteiger partial charge in [-0.3, -0.25) is 0 Å². The van der Waals surface area contributed by atoms with Gasteiger partial charge in [0.1, 0.15) is 5.75 Å². The van der Waals surface area contributed by atoms with Crippen molar-refractivity contribution in [3.05, 3.63) is 46.4 Å². The number of carbonyl (C=O) groups is 1. The van der Waals surface area contributed by atoms with E-state index in [1.165, 1.54) is 0 Å². The minimum absolute atomic E-state index is 0.000110. The topological polar surface area (TPSA) is 63.2 Å². The Morgan fingerprint density at radius 2 is 2.36 bits per heavy atom. The maximum atomic E-state index is 12.1. The van der Waals surface area contributed by atoms with Gasteiger partial charge in [0.05, 0.1) is 17.7 Å². The molecule has 0 radical (unpaired) electrons. The Morgan fingerprint density at radius 1 is 1.50 bits per heavy atom. The van der Waals surface area contributed by atoms with E-state index in [4.69, 9.17) is 4.74 Å². The molecule has 0 spiro atoms. The van der Waals surface area contributed by atoms with E-state index in [2.05, 4.69) is 22.5 Å². The highest BCUT2D eigenvalue weighted by Gasteiger charge is 2.22. The standard InChI is InChI=1S/C16H19N3O2S/c1-11(15-17-7-9-22-15)10-18-16(20)19-13-6-8-21-14-5-3-2-4-12(13)14/h2-5,7,9,11,13H,6,8,10H2,1H3,(H2,18,19,20)/t11-,13-/m1/s1. The van der Waals surface area contributed by atoms with Crippen molar-refractivity contribution in [2.45, 2.75) is 25.3 Å². The van der Waals surface area contributed by atoms with E-state index in [9.17, 15) is 4.79 Å². The van der Waals surface area contributed by atoms with Crippen LogP contribution < -0.4 is 15.4 Å². The summed E-state index contributed by atoms with van der Waals surface area (Å²) >= 11 is 1.61. The number of nitrogens with zero attached hydrogens (tertiary/aromatic N) is 1. The Balaban J connectivity index is 1.54. The van der Waals surface area contributed by atoms with Gasteiger partial charge in [-0.2, -0.15) is 0 Å². The third-order valence-corrected chi connectivity index (χ3v) is 4.71. The highest BCUT2D eigenvalue weighted by Crippen LogP contribution is 2.31. The highest BCUT2D eigenvalue weighted by molar-refractivity contribution is 7.09. The molecule has 5 nitrogen and oxygen atoms in total. The molecule has 6 heteroatoms. The van der Waals surface area contributed by atoms with Crippen LogP contribution in [0.3, 0.4) is 0 Å². The van der Waals surface area contributed by atoms with Gasteiger partial charge in [0.15, 0.2) is 0 Å². The first-order valence-corrected chi connectivity index (χ1v) is 8.27. The predicted octanol–water partition coefficient (Wildman–Crippen LogP) is 3.07. The lowest BCUT2D eigenvalue weighted by molar-refractivity contribution is 0.223. The van der Waals surface area contributed by atoms with Crippen LogP contribution in [0.4, 0.5) is 4.79 Å². The number of para-hydroxylation sites is 1. The molecular formula is C16H19N3O2S. The minimum Gasteiger partial charge on any atom is -0.493 e. The first-order valence-electron chi connectivity index (χ1n) is 7.39. The third kappa shape index (κ3) is 3.39. The van der Waals surface area contributed by atoms with E-state index in [-0.39, 0.29) is 18.0 Å². The van der Waals surface area contributed by atoms with Crippen molar-refractivity contribution in [3.8, 4) is 5.75 Å². The van der Waals surface area contributed by atoms with Gasteiger partial charge in [-0.05, 0) is 6.07 Å². The van der Waals surface area contributed by atoms with Crippen LogP contribution in [0.2, 0.25) is 0 Å². The Bertz CT molecular complexity index is 630. The molecule has 1 aromatic heterocycles. The van der Waals surface area contributed by atoms with Gasteiger partial charge in [-0.15, -0.1) is 11.3 Å². The van der Waals surface area contributed by atoms with E-state index in [0.29, 0.717) is 13.2 Å². The van der Waals surface area contributed by atoms with Gasteiger partial charge in [0.2, 0.25) is 0 Å². The fourth-order valence-electron chi connectivity index (χ4n) is 2.51. The fraction of sp³-hybridized carbons (Fsp3) is 0.375. The lowest BCUT2D eigenvalue weighted by Gasteiger charge is -2.26. The molecule has 1 aliphatic heterocycles. The molecule has 0 bridgehead atoms. The quantitative estimate of drug-likeness (QED) is 0.911. The van der Waals surface area contributed by atoms with Crippen molar-refractivity contribution in [2.75, 3.05) is 13.2 Å². The van der Waals surface area contributed by atoms with Crippen molar-refractivity contribution in [3.63, 3.8) is 0 Å². The van der Waals surface area contributed by atoms with E-state index in [0.717, 1.165) is 22.7 Å². The lowest BCUT2D eigenvalue weighted by Crippen LogP contribution is -2.40. The molecule has 2 N–H and O–H groups in total. The van der Waals surface area contributed by atoms with Gasteiger partial charge < -0.3 is 15.4 Å². The van der Waals surface area contributed by atoms with Crippen molar-refractivity contribution >= 4 is 17.4 Å². The number of thiazole rings is 1. The fourth-order valence-corrected chi connectivity index (χ4v) is 3.21. The monoisotopic (exact) mass is 317 g/mol. The third-order valence-electron chi connectivity index (χ3n) is 3.71. The van der Waals surface area contributed by atoms with Gasteiger partial charge in [0.25, 0.3) is 0 Å². The van der Waals surface area contributed by atoms with Crippen LogP contribution in [0.25, 0.3) is 0 Å². The zero-order chi connectivity index (χ0) is 15.4. The summed E-state index contributed by atoms with van der Waals surface area (Å²) in [6, 6.07) is 7.69. The molecule has 0 saturated heterocycles. The van der Waals surface area contributed by atoms with Crippen molar-refractivity contribution in [1.82, 2.24) is 15.6 Å². The predicted molar refractivity (Wildman–Crippen MR) is 86.4 cm³/mol. The molecule has 2 aromatic rings. The number of ether oxygens (including phenoxy) is 1. The summed E-state index contributed by atoms with van der Waals surface area (Å²) in [5.74, 6) is 1.07. The maximum absolute atomic E-state index is 12.1. The Labute approximate surface area is 133 Å². The molecule has 1 aliphatic rings. The average molecular weight is 317 g/mol. The van der Waals surface area contributed by atoms with Crippen molar-refractivity contribution in [1.29, 1.82) is 0 Å². The molecular weight excluding hydrogens is 298 g/mol. The molecule has 116 valence electrons. The Morgan fingerprint density at radius 3 is 3.18 bits per heavy atom. The van der Waals surface area contributed by atoms with Gasteiger partial charge in [-0.1, -0.05) is 25.1 Å². The van der Waals surface area contributed by atoms with Gasteiger partial charge in [-0.25, -0.2) is 9.78 Å². The second-order valence-electron chi connectivity index (χ2n) is 5.35. The van der Waals surface area contributed by atoms with E-state index >= 15 is 0 Å². The van der Waals surface area contributed by atoms with Crippen LogP contribution in [-0.2, 0) is 0 Å². The number of hydrogen-bond acceptors (Lipinski definition) is 4. The normalized spacial score (nSPS) is 18.0. The highest BCUT2D eigenvalue weighted by atomic mass is 32.1. The minimum atomic E-state index is -0.148. The van der Waals surface area contributed by atoms with Crippen LogP contribution in [0, 0.1) is 0 Å². The molecule has 0 unspecified atom stereocenters. The Hall–Kier alpha value is -2.08. The molecule has 2 amide bonds. The molecule has 1 aromatic carbocycles. The van der Waals surface area contributed by atoms with Gasteiger partial charge >= 0.3 is 6.03 Å². The number of rotatable bonds is 4. The largest absolute Gasteiger partial charge is 0.493 e. The number of benzene rings is 1. The summed E-state index contributed by atoms with van der Waals surface area (Å²) in [7, 11) is 0. The summed E-state index contributed by atoms with van der Waals surface area (Å²) in [6.07, 6.45) is 2.57. The first-order chi connectivity index (χ1) is 10.7. The number of urea groups is 1. The summed E-state index contributed by atoms with van der Waals surface area (Å²) in [5, 5.41) is 8.94. The summed E-state index contributed by atoms with van der Waals surface area (Å²) in [6.45, 7) is 3.25. The SMILES string of the molecule is C[C@H](CNC(=O)N[C@@H]1CCOc2ccccc21)c1nccs1. The molecule has 0 aliphatic carbocycles. The number of aromatic nitrogens is 1. The average Bonchev–Trinajstić information content (AvgIpc) is 3.07.